The summed E-state index contributed by atoms with van der Waals surface area (Å²) < 4.78 is 0. The van der Waals surface area contributed by atoms with Gasteiger partial charge in [-0.3, -0.25) is 9.59 Å². The molecule has 0 aliphatic heterocycles. The van der Waals surface area contributed by atoms with Gasteiger partial charge in [-0.2, -0.15) is 12.6 Å². The Kier molecular flexibility index (Phi) is 4.83. The quantitative estimate of drug-likeness (QED) is 0.561. The van der Waals surface area contributed by atoms with Crippen LogP contribution in [0.3, 0.4) is 0 Å². The first kappa shape index (κ1) is 12.3. The Labute approximate surface area is 83.7 Å². The van der Waals surface area contributed by atoms with Crippen LogP contribution in [0.15, 0.2) is 0 Å². The van der Waals surface area contributed by atoms with E-state index in [1.165, 1.54) is 0 Å². The second-order valence-electron chi connectivity index (χ2n) is 3.31. The highest BCUT2D eigenvalue weighted by molar-refractivity contribution is 7.81. The molecule has 3 N–H and O–H groups in total. The minimum absolute atomic E-state index is 0.00599. The molecule has 0 aliphatic carbocycles. The van der Waals surface area contributed by atoms with E-state index in [4.69, 9.17) is 5.73 Å². The number of thiol groups is 1. The predicted octanol–water partition coefficient (Wildman–Crippen LogP) is -0.0692. The SMILES string of the molecule is CC(S)C(=O)NC(C(N)=O)C(C)C. The lowest BCUT2D eigenvalue weighted by molar-refractivity contribution is -0.127. The zero-order valence-electron chi connectivity index (χ0n) is 8.07. The van der Waals surface area contributed by atoms with Crippen LogP contribution in [0.5, 0.6) is 0 Å². The van der Waals surface area contributed by atoms with E-state index in [2.05, 4.69) is 17.9 Å². The van der Waals surface area contributed by atoms with Gasteiger partial charge in [-0.1, -0.05) is 13.8 Å². The summed E-state index contributed by atoms with van der Waals surface area (Å²) in [5, 5.41) is 2.10. The molecule has 13 heavy (non-hydrogen) atoms. The van der Waals surface area contributed by atoms with Crippen molar-refractivity contribution in [1.82, 2.24) is 5.32 Å². The maximum absolute atomic E-state index is 11.2. The van der Waals surface area contributed by atoms with Crippen LogP contribution in [0.4, 0.5) is 0 Å². The Bertz CT molecular complexity index is 204. The second-order valence-corrected chi connectivity index (χ2v) is 4.08. The standard InChI is InChI=1S/C8H16N2O2S/c1-4(2)6(7(9)11)10-8(12)5(3)13/h4-6,13H,1-3H3,(H2,9,11)(H,10,12). The minimum atomic E-state index is -0.609. The molecule has 4 nitrogen and oxygen atoms in total. The van der Waals surface area contributed by atoms with Gasteiger partial charge in [0, 0.05) is 0 Å². The summed E-state index contributed by atoms with van der Waals surface area (Å²) in [6, 6.07) is -0.609. The number of nitrogens with one attached hydrogen (secondary N) is 1. The summed E-state index contributed by atoms with van der Waals surface area (Å²) in [4.78, 5) is 22.0. The topological polar surface area (TPSA) is 72.2 Å². The Balaban J connectivity index is 4.27. The van der Waals surface area contributed by atoms with Gasteiger partial charge in [0.05, 0.1) is 5.25 Å². The van der Waals surface area contributed by atoms with Gasteiger partial charge in [-0.25, -0.2) is 0 Å². The van der Waals surface area contributed by atoms with Gasteiger partial charge in [0.1, 0.15) is 6.04 Å². The molecule has 0 aromatic rings. The van der Waals surface area contributed by atoms with E-state index in [0.717, 1.165) is 0 Å². The number of carbonyl (C=O) groups excluding carboxylic acids is 2. The molecule has 0 fully saturated rings. The average Bonchev–Trinajstić information content (AvgIpc) is 1.97. The lowest BCUT2D eigenvalue weighted by atomic mass is 10.0. The van der Waals surface area contributed by atoms with Crippen LogP contribution in [0.1, 0.15) is 20.8 Å². The molecule has 0 radical (unpaired) electrons. The Morgan fingerprint density at radius 2 is 1.77 bits per heavy atom. The molecular weight excluding hydrogens is 188 g/mol. The lowest BCUT2D eigenvalue weighted by Gasteiger charge is -2.19. The summed E-state index contributed by atoms with van der Waals surface area (Å²) in [7, 11) is 0. The molecule has 0 spiro atoms. The molecular formula is C8H16N2O2S. The fourth-order valence-corrected chi connectivity index (χ4v) is 0.915. The monoisotopic (exact) mass is 204 g/mol. The van der Waals surface area contributed by atoms with Gasteiger partial charge in [0.15, 0.2) is 0 Å². The number of amides is 2. The third-order valence-corrected chi connectivity index (χ3v) is 1.88. The van der Waals surface area contributed by atoms with Crippen molar-refractivity contribution in [3.05, 3.63) is 0 Å². The van der Waals surface area contributed by atoms with E-state index in [1.807, 2.05) is 13.8 Å². The summed E-state index contributed by atoms with van der Waals surface area (Å²) >= 11 is 3.94. The smallest absolute Gasteiger partial charge is 0.240 e. The maximum atomic E-state index is 11.2. The van der Waals surface area contributed by atoms with Crippen molar-refractivity contribution < 1.29 is 9.59 Å². The molecule has 0 aliphatic rings. The summed E-state index contributed by atoms with van der Waals surface area (Å²) in [6.07, 6.45) is 0. The third kappa shape index (κ3) is 4.17. The van der Waals surface area contributed by atoms with E-state index >= 15 is 0 Å². The van der Waals surface area contributed by atoms with Crippen molar-refractivity contribution in [1.29, 1.82) is 0 Å². The van der Waals surface area contributed by atoms with E-state index in [0.29, 0.717) is 0 Å². The van der Waals surface area contributed by atoms with Crippen LogP contribution in [-0.2, 0) is 9.59 Å². The van der Waals surface area contributed by atoms with E-state index in [1.54, 1.807) is 6.92 Å². The maximum Gasteiger partial charge on any atom is 0.240 e. The number of carbonyl (C=O) groups is 2. The van der Waals surface area contributed by atoms with Gasteiger partial charge in [-0.15, -0.1) is 0 Å². The molecule has 0 saturated heterocycles. The third-order valence-electron chi connectivity index (χ3n) is 1.65. The second kappa shape index (κ2) is 5.11. The number of rotatable bonds is 4. The zero-order chi connectivity index (χ0) is 10.6. The van der Waals surface area contributed by atoms with Crippen LogP contribution in [0.2, 0.25) is 0 Å². The first-order valence-corrected chi connectivity index (χ1v) is 4.65. The average molecular weight is 204 g/mol. The van der Waals surface area contributed by atoms with Crippen molar-refractivity contribution in [2.75, 3.05) is 0 Å². The predicted molar refractivity (Wildman–Crippen MR) is 54.4 cm³/mol. The molecule has 0 aromatic carbocycles. The number of nitrogens with two attached hydrogens (primary N) is 1. The first-order chi connectivity index (χ1) is 5.86. The Hall–Kier alpha value is -0.710. The van der Waals surface area contributed by atoms with Crippen LogP contribution >= 0.6 is 12.6 Å². The van der Waals surface area contributed by atoms with Gasteiger partial charge in [-0.05, 0) is 12.8 Å². The van der Waals surface area contributed by atoms with Gasteiger partial charge >= 0.3 is 0 Å². The zero-order valence-corrected chi connectivity index (χ0v) is 8.97. The first-order valence-electron chi connectivity index (χ1n) is 4.14. The highest BCUT2D eigenvalue weighted by atomic mass is 32.1. The van der Waals surface area contributed by atoms with Gasteiger partial charge in [0.25, 0.3) is 0 Å². The van der Waals surface area contributed by atoms with E-state index < -0.39 is 17.2 Å². The molecule has 76 valence electrons. The summed E-state index contributed by atoms with van der Waals surface area (Å²) in [5.41, 5.74) is 5.11. The van der Waals surface area contributed by atoms with Crippen molar-refractivity contribution in [2.24, 2.45) is 11.7 Å². The highest BCUT2D eigenvalue weighted by Gasteiger charge is 2.22. The van der Waals surface area contributed by atoms with Crippen LogP contribution in [0, 0.1) is 5.92 Å². The molecule has 2 unspecified atom stereocenters. The van der Waals surface area contributed by atoms with Crippen LogP contribution in [0.25, 0.3) is 0 Å². The van der Waals surface area contributed by atoms with Crippen molar-refractivity contribution in [3.8, 4) is 0 Å². The fourth-order valence-electron chi connectivity index (χ4n) is 0.840. The van der Waals surface area contributed by atoms with Crippen molar-refractivity contribution in [3.63, 3.8) is 0 Å². The normalized spacial score (nSPS) is 15.2. The number of primary amides is 1. The largest absolute Gasteiger partial charge is 0.368 e. The van der Waals surface area contributed by atoms with E-state index in [-0.39, 0.29) is 11.8 Å². The van der Waals surface area contributed by atoms with Gasteiger partial charge < -0.3 is 11.1 Å². The van der Waals surface area contributed by atoms with Gasteiger partial charge in [0.2, 0.25) is 11.8 Å². The molecule has 5 heteroatoms. The molecule has 2 amide bonds. The van der Waals surface area contributed by atoms with Crippen LogP contribution < -0.4 is 11.1 Å². The Morgan fingerprint density at radius 1 is 1.31 bits per heavy atom. The van der Waals surface area contributed by atoms with Crippen molar-refractivity contribution in [2.45, 2.75) is 32.1 Å². The highest BCUT2D eigenvalue weighted by Crippen LogP contribution is 2.02. The fraction of sp³-hybridized carbons (Fsp3) is 0.750. The van der Waals surface area contributed by atoms with Crippen molar-refractivity contribution >= 4 is 24.4 Å². The molecule has 0 saturated carbocycles. The number of hydrogen-bond donors (Lipinski definition) is 3. The molecule has 0 rings (SSSR count). The molecule has 0 aromatic heterocycles. The number of hydrogen-bond acceptors (Lipinski definition) is 3. The summed E-state index contributed by atoms with van der Waals surface area (Å²) in [6.45, 7) is 5.27. The Morgan fingerprint density at radius 3 is 2.00 bits per heavy atom. The molecule has 0 heterocycles. The lowest BCUT2D eigenvalue weighted by Crippen LogP contribution is -2.49. The molecule has 0 bridgehead atoms. The minimum Gasteiger partial charge on any atom is -0.368 e. The molecule has 2 atom stereocenters. The van der Waals surface area contributed by atoms with Crippen LogP contribution in [-0.4, -0.2) is 23.1 Å². The summed E-state index contributed by atoms with van der Waals surface area (Å²) in [5.74, 6) is -0.799. The van der Waals surface area contributed by atoms with E-state index in [9.17, 15) is 9.59 Å².